The molecule has 0 spiro atoms. The Morgan fingerprint density at radius 1 is 0.762 bits per heavy atom. The van der Waals surface area contributed by atoms with Gasteiger partial charge in [-0.25, -0.2) is 4.98 Å². The SMILES string of the molecule is O=C1c2ccccc2-c2c1cccc2-c1ccc(F)nc1. The van der Waals surface area contributed by atoms with E-state index in [9.17, 15) is 9.18 Å². The summed E-state index contributed by atoms with van der Waals surface area (Å²) in [6.07, 6.45) is 1.50. The number of hydrogen-bond acceptors (Lipinski definition) is 2. The van der Waals surface area contributed by atoms with Gasteiger partial charge in [0.05, 0.1) is 0 Å². The number of nitrogens with zero attached hydrogens (tertiary/aromatic N) is 1. The van der Waals surface area contributed by atoms with Crippen molar-refractivity contribution in [2.24, 2.45) is 0 Å². The van der Waals surface area contributed by atoms with E-state index in [1.807, 2.05) is 42.5 Å². The number of aromatic nitrogens is 1. The summed E-state index contributed by atoms with van der Waals surface area (Å²) in [5.74, 6) is -0.472. The average molecular weight is 275 g/mol. The summed E-state index contributed by atoms with van der Waals surface area (Å²) in [5, 5.41) is 0. The molecule has 2 nitrogen and oxygen atoms in total. The number of carbonyl (C=O) groups is 1. The fourth-order valence-corrected chi connectivity index (χ4v) is 2.85. The van der Waals surface area contributed by atoms with Gasteiger partial charge in [-0.15, -0.1) is 0 Å². The van der Waals surface area contributed by atoms with E-state index in [1.54, 1.807) is 6.07 Å². The zero-order valence-electron chi connectivity index (χ0n) is 11.0. The van der Waals surface area contributed by atoms with E-state index in [0.29, 0.717) is 5.56 Å². The van der Waals surface area contributed by atoms with Crippen LogP contribution in [0, 0.1) is 5.95 Å². The van der Waals surface area contributed by atoms with Crippen LogP contribution in [0.1, 0.15) is 15.9 Å². The van der Waals surface area contributed by atoms with Gasteiger partial charge in [0.15, 0.2) is 5.78 Å². The molecule has 100 valence electrons. The standard InChI is InChI=1S/C18H10FNO/c19-16-9-8-11(10-20-16)12-6-3-7-15-17(12)13-4-1-2-5-14(13)18(15)21/h1-10H. The van der Waals surface area contributed by atoms with Gasteiger partial charge in [0.2, 0.25) is 5.95 Å². The molecular weight excluding hydrogens is 265 g/mol. The zero-order chi connectivity index (χ0) is 14.4. The van der Waals surface area contributed by atoms with Crippen molar-refractivity contribution in [3.8, 4) is 22.3 Å². The topological polar surface area (TPSA) is 30.0 Å². The zero-order valence-corrected chi connectivity index (χ0v) is 11.0. The van der Waals surface area contributed by atoms with E-state index in [4.69, 9.17) is 0 Å². The predicted molar refractivity (Wildman–Crippen MR) is 78.5 cm³/mol. The summed E-state index contributed by atoms with van der Waals surface area (Å²) >= 11 is 0. The Labute approximate surface area is 120 Å². The number of rotatable bonds is 1. The minimum Gasteiger partial charge on any atom is -0.289 e. The highest BCUT2D eigenvalue weighted by Crippen LogP contribution is 2.42. The van der Waals surface area contributed by atoms with Crippen molar-refractivity contribution < 1.29 is 9.18 Å². The molecule has 0 aliphatic heterocycles. The maximum Gasteiger partial charge on any atom is 0.212 e. The van der Waals surface area contributed by atoms with E-state index < -0.39 is 5.95 Å². The number of carbonyl (C=O) groups excluding carboxylic acids is 1. The average Bonchev–Trinajstić information content (AvgIpc) is 2.82. The van der Waals surface area contributed by atoms with Gasteiger partial charge >= 0.3 is 0 Å². The van der Waals surface area contributed by atoms with Crippen LogP contribution in [0.4, 0.5) is 4.39 Å². The predicted octanol–water partition coefficient (Wildman–Crippen LogP) is 4.10. The highest BCUT2D eigenvalue weighted by atomic mass is 19.1. The van der Waals surface area contributed by atoms with Gasteiger partial charge in [0.25, 0.3) is 0 Å². The molecule has 3 aromatic rings. The molecule has 0 unspecified atom stereocenters. The first-order chi connectivity index (χ1) is 10.3. The van der Waals surface area contributed by atoms with Crippen molar-refractivity contribution in [2.75, 3.05) is 0 Å². The number of pyridine rings is 1. The Balaban J connectivity index is 2.02. The quantitative estimate of drug-likeness (QED) is 0.489. The van der Waals surface area contributed by atoms with E-state index in [-0.39, 0.29) is 5.78 Å². The third-order valence-corrected chi connectivity index (χ3v) is 3.79. The largest absolute Gasteiger partial charge is 0.289 e. The number of benzene rings is 2. The van der Waals surface area contributed by atoms with Gasteiger partial charge in [0, 0.05) is 28.5 Å². The molecule has 0 saturated carbocycles. The van der Waals surface area contributed by atoms with Gasteiger partial charge in [-0.1, -0.05) is 42.5 Å². The van der Waals surface area contributed by atoms with Crippen LogP contribution in [0.2, 0.25) is 0 Å². The molecule has 1 aliphatic rings. The highest BCUT2D eigenvalue weighted by Gasteiger charge is 2.28. The molecule has 21 heavy (non-hydrogen) atoms. The minimum atomic E-state index is -0.511. The van der Waals surface area contributed by atoms with Gasteiger partial charge in [0.1, 0.15) is 0 Å². The van der Waals surface area contributed by atoms with E-state index in [0.717, 1.165) is 27.8 Å². The lowest BCUT2D eigenvalue weighted by atomic mass is 9.95. The van der Waals surface area contributed by atoms with Crippen LogP contribution >= 0.6 is 0 Å². The Hall–Kier alpha value is -2.81. The monoisotopic (exact) mass is 275 g/mol. The number of hydrogen-bond donors (Lipinski definition) is 0. The third kappa shape index (κ3) is 1.71. The molecule has 1 aromatic heterocycles. The second kappa shape index (κ2) is 4.35. The first kappa shape index (κ1) is 12.0. The molecule has 4 rings (SSSR count). The lowest BCUT2D eigenvalue weighted by molar-refractivity contribution is 0.104. The van der Waals surface area contributed by atoms with Crippen molar-refractivity contribution in [1.29, 1.82) is 0 Å². The lowest BCUT2D eigenvalue weighted by Crippen LogP contribution is -1.94. The Morgan fingerprint density at radius 2 is 1.48 bits per heavy atom. The van der Waals surface area contributed by atoms with Crippen molar-refractivity contribution in [3.63, 3.8) is 0 Å². The van der Waals surface area contributed by atoms with E-state index in [1.165, 1.54) is 12.3 Å². The van der Waals surface area contributed by atoms with Crippen LogP contribution in [0.5, 0.6) is 0 Å². The molecule has 0 atom stereocenters. The molecule has 2 aromatic carbocycles. The molecule has 0 amide bonds. The summed E-state index contributed by atoms with van der Waals surface area (Å²) < 4.78 is 13.0. The smallest absolute Gasteiger partial charge is 0.212 e. The fraction of sp³-hybridized carbons (Fsp3) is 0. The van der Waals surface area contributed by atoms with Crippen LogP contribution in [0.25, 0.3) is 22.3 Å². The summed E-state index contributed by atoms with van der Waals surface area (Å²) in [6, 6.07) is 16.2. The number of halogens is 1. The Morgan fingerprint density at radius 3 is 2.24 bits per heavy atom. The maximum absolute atomic E-state index is 13.0. The van der Waals surface area contributed by atoms with Crippen LogP contribution in [0.3, 0.4) is 0 Å². The van der Waals surface area contributed by atoms with Crippen LogP contribution in [-0.4, -0.2) is 10.8 Å². The number of ketones is 1. The molecule has 1 heterocycles. The summed E-state index contributed by atoms with van der Waals surface area (Å²) in [4.78, 5) is 16.2. The Kier molecular flexibility index (Phi) is 2.48. The minimum absolute atomic E-state index is 0.0394. The van der Waals surface area contributed by atoms with Crippen molar-refractivity contribution in [3.05, 3.63) is 77.9 Å². The van der Waals surface area contributed by atoms with Crippen molar-refractivity contribution in [2.45, 2.75) is 0 Å². The number of fused-ring (bicyclic) bond motifs is 3. The van der Waals surface area contributed by atoms with Crippen LogP contribution < -0.4 is 0 Å². The second-order valence-corrected chi connectivity index (χ2v) is 4.97. The molecule has 0 fully saturated rings. The summed E-state index contributed by atoms with van der Waals surface area (Å²) in [5.41, 5.74) is 4.95. The maximum atomic E-state index is 13.0. The first-order valence-corrected chi connectivity index (χ1v) is 6.65. The van der Waals surface area contributed by atoms with Gasteiger partial charge in [-0.05, 0) is 23.3 Å². The molecule has 0 N–H and O–H groups in total. The molecule has 0 saturated heterocycles. The van der Waals surface area contributed by atoms with Crippen molar-refractivity contribution in [1.82, 2.24) is 4.98 Å². The molecular formula is C18H10FNO. The third-order valence-electron chi connectivity index (χ3n) is 3.79. The second-order valence-electron chi connectivity index (χ2n) is 4.97. The van der Waals surface area contributed by atoms with Crippen molar-refractivity contribution >= 4 is 5.78 Å². The lowest BCUT2D eigenvalue weighted by Gasteiger charge is -2.08. The first-order valence-electron chi connectivity index (χ1n) is 6.65. The summed E-state index contributed by atoms with van der Waals surface area (Å²) in [6.45, 7) is 0. The fourth-order valence-electron chi connectivity index (χ4n) is 2.85. The van der Waals surface area contributed by atoms with Gasteiger partial charge < -0.3 is 0 Å². The Bertz CT molecular complexity index is 869. The molecule has 3 heteroatoms. The van der Waals surface area contributed by atoms with Crippen LogP contribution in [-0.2, 0) is 0 Å². The van der Waals surface area contributed by atoms with Gasteiger partial charge in [-0.2, -0.15) is 4.39 Å². The molecule has 0 bridgehead atoms. The highest BCUT2D eigenvalue weighted by molar-refractivity contribution is 6.23. The molecule has 1 aliphatic carbocycles. The van der Waals surface area contributed by atoms with Crippen LogP contribution in [0.15, 0.2) is 60.8 Å². The normalized spacial score (nSPS) is 12.1. The summed E-state index contributed by atoms with van der Waals surface area (Å²) in [7, 11) is 0. The van der Waals surface area contributed by atoms with E-state index in [2.05, 4.69) is 4.98 Å². The molecule has 0 radical (unpaired) electrons. The van der Waals surface area contributed by atoms with E-state index >= 15 is 0 Å². The van der Waals surface area contributed by atoms with Gasteiger partial charge in [-0.3, -0.25) is 4.79 Å².